The quantitative estimate of drug-likeness (QED) is 0.802. The van der Waals surface area contributed by atoms with E-state index in [4.69, 9.17) is 11.6 Å². The Kier molecular flexibility index (Phi) is 5.59. The minimum Gasteiger partial charge on any atom is -0.339 e. The molecule has 0 N–H and O–H groups in total. The molecule has 0 saturated carbocycles. The fraction of sp³-hybridized carbons (Fsp3) is 0.625. The smallest absolute Gasteiger partial charge is 0.254 e. The molecule has 0 unspecified atom stereocenters. The van der Waals surface area contributed by atoms with E-state index in [1.807, 2.05) is 4.90 Å². The Morgan fingerprint density at radius 3 is 2.71 bits per heavy atom. The van der Waals surface area contributed by atoms with Gasteiger partial charge in [0, 0.05) is 37.4 Å². The van der Waals surface area contributed by atoms with Crippen LogP contribution in [0, 0.1) is 5.92 Å². The van der Waals surface area contributed by atoms with Crippen LogP contribution in [-0.4, -0.2) is 53.4 Å². The van der Waals surface area contributed by atoms with Crippen molar-refractivity contribution in [1.29, 1.82) is 0 Å². The molecule has 2 rings (SSSR count). The maximum absolute atomic E-state index is 12.4. The van der Waals surface area contributed by atoms with Crippen LogP contribution in [0.3, 0.4) is 0 Å². The van der Waals surface area contributed by atoms with Crippen molar-refractivity contribution >= 4 is 17.5 Å². The Morgan fingerprint density at radius 2 is 2.14 bits per heavy atom. The largest absolute Gasteiger partial charge is 0.339 e. The summed E-state index contributed by atoms with van der Waals surface area (Å²) >= 11 is 5.85. The molecule has 1 aliphatic heterocycles. The molecule has 0 aromatic carbocycles. The van der Waals surface area contributed by atoms with Gasteiger partial charge in [-0.3, -0.25) is 4.79 Å². The third-order valence-corrected chi connectivity index (χ3v) is 4.51. The predicted octanol–water partition coefficient (Wildman–Crippen LogP) is 2.93. The molecule has 0 atom stereocenters. The van der Waals surface area contributed by atoms with Gasteiger partial charge in [0.25, 0.3) is 5.91 Å². The highest BCUT2D eigenvalue weighted by Gasteiger charge is 2.24. The Balaban J connectivity index is 1.87. The van der Waals surface area contributed by atoms with Crippen LogP contribution in [0.2, 0.25) is 5.15 Å². The molecule has 1 aromatic rings. The number of aromatic nitrogens is 1. The highest BCUT2D eigenvalue weighted by molar-refractivity contribution is 6.29. The van der Waals surface area contributed by atoms with E-state index in [2.05, 4.69) is 30.8 Å². The van der Waals surface area contributed by atoms with E-state index >= 15 is 0 Å². The molecule has 1 aromatic heterocycles. The molecule has 2 heterocycles. The maximum atomic E-state index is 12.4. The number of piperidine rings is 1. The lowest BCUT2D eigenvalue weighted by Crippen LogP contribution is -2.42. The Hall–Kier alpha value is -1.13. The van der Waals surface area contributed by atoms with Crippen molar-refractivity contribution in [2.75, 3.05) is 26.7 Å². The zero-order chi connectivity index (χ0) is 15.4. The zero-order valence-electron chi connectivity index (χ0n) is 13.1. The number of nitrogens with zero attached hydrogens (tertiary/aromatic N) is 3. The van der Waals surface area contributed by atoms with Crippen LogP contribution >= 0.6 is 11.6 Å². The van der Waals surface area contributed by atoms with Crippen LogP contribution in [0.25, 0.3) is 0 Å². The Labute approximate surface area is 132 Å². The number of pyridine rings is 1. The lowest BCUT2D eigenvalue weighted by molar-refractivity contribution is 0.0666. The third-order valence-electron chi connectivity index (χ3n) is 4.30. The molecule has 5 heteroatoms. The topological polar surface area (TPSA) is 36.4 Å². The second-order valence-corrected chi connectivity index (χ2v) is 6.52. The zero-order valence-corrected chi connectivity index (χ0v) is 13.8. The van der Waals surface area contributed by atoms with Crippen molar-refractivity contribution in [3.05, 3.63) is 29.0 Å². The van der Waals surface area contributed by atoms with Gasteiger partial charge >= 0.3 is 0 Å². The monoisotopic (exact) mass is 309 g/mol. The standard InChI is InChI=1S/C16H24ClN3O/c1-12(2)19(3)11-13-5-8-20(9-6-13)16(21)14-4-7-18-15(17)10-14/h4,7,10,12-13H,5-6,8-9,11H2,1-3H3. The van der Waals surface area contributed by atoms with Gasteiger partial charge in [0.05, 0.1) is 0 Å². The molecular weight excluding hydrogens is 286 g/mol. The fourth-order valence-electron chi connectivity index (χ4n) is 2.65. The maximum Gasteiger partial charge on any atom is 0.254 e. The van der Waals surface area contributed by atoms with Gasteiger partial charge in [0.1, 0.15) is 5.15 Å². The molecule has 0 aliphatic carbocycles. The third kappa shape index (κ3) is 4.42. The summed E-state index contributed by atoms with van der Waals surface area (Å²) in [6.07, 6.45) is 3.73. The summed E-state index contributed by atoms with van der Waals surface area (Å²) < 4.78 is 0. The summed E-state index contributed by atoms with van der Waals surface area (Å²) in [5, 5.41) is 0.370. The van der Waals surface area contributed by atoms with Crippen molar-refractivity contribution in [1.82, 2.24) is 14.8 Å². The molecule has 0 spiro atoms. The Bertz CT molecular complexity index is 484. The van der Waals surface area contributed by atoms with Gasteiger partial charge in [-0.05, 0) is 51.8 Å². The molecule has 0 bridgehead atoms. The summed E-state index contributed by atoms with van der Waals surface area (Å²) in [5.41, 5.74) is 0.632. The first kappa shape index (κ1) is 16.2. The lowest BCUT2D eigenvalue weighted by atomic mass is 9.95. The lowest BCUT2D eigenvalue weighted by Gasteiger charge is -2.35. The molecular formula is C16H24ClN3O. The number of carbonyl (C=O) groups is 1. The average Bonchev–Trinajstić information content (AvgIpc) is 2.47. The summed E-state index contributed by atoms with van der Waals surface area (Å²) in [4.78, 5) is 20.6. The normalized spacial score (nSPS) is 16.8. The van der Waals surface area contributed by atoms with Gasteiger partial charge in [-0.25, -0.2) is 4.98 Å². The number of likely N-dealkylation sites (tertiary alicyclic amines) is 1. The number of amides is 1. The van der Waals surface area contributed by atoms with Crippen LogP contribution in [0.4, 0.5) is 0 Å². The number of rotatable bonds is 4. The first-order chi connectivity index (χ1) is 9.97. The molecule has 116 valence electrons. The van der Waals surface area contributed by atoms with E-state index < -0.39 is 0 Å². The van der Waals surface area contributed by atoms with Gasteiger partial charge in [0.15, 0.2) is 0 Å². The van der Waals surface area contributed by atoms with Crippen molar-refractivity contribution in [2.24, 2.45) is 5.92 Å². The molecule has 0 radical (unpaired) electrons. The van der Waals surface area contributed by atoms with Crippen LogP contribution in [0.1, 0.15) is 37.0 Å². The van der Waals surface area contributed by atoms with Crippen molar-refractivity contribution in [3.63, 3.8) is 0 Å². The minimum atomic E-state index is 0.0648. The highest BCUT2D eigenvalue weighted by atomic mass is 35.5. The van der Waals surface area contributed by atoms with Gasteiger partial charge in [0.2, 0.25) is 0 Å². The van der Waals surface area contributed by atoms with Crippen LogP contribution in [-0.2, 0) is 0 Å². The first-order valence-electron chi connectivity index (χ1n) is 7.58. The second kappa shape index (κ2) is 7.23. The number of hydrogen-bond acceptors (Lipinski definition) is 3. The molecule has 1 fully saturated rings. The van der Waals surface area contributed by atoms with Crippen LogP contribution in [0.15, 0.2) is 18.3 Å². The van der Waals surface area contributed by atoms with Gasteiger partial charge in [-0.1, -0.05) is 11.6 Å². The predicted molar refractivity (Wildman–Crippen MR) is 85.6 cm³/mol. The minimum absolute atomic E-state index is 0.0648. The molecule has 1 amide bonds. The molecule has 4 nitrogen and oxygen atoms in total. The molecule has 1 saturated heterocycles. The fourth-order valence-corrected chi connectivity index (χ4v) is 2.83. The summed E-state index contributed by atoms with van der Waals surface area (Å²) in [6, 6.07) is 3.94. The number of hydrogen-bond donors (Lipinski definition) is 0. The number of carbonyl (C=O) groups excluding carboxylic acids is 1. The van der Waals surface area contributed by atoms with Gasteiger partial charge < -0.3 is 9.80 Å². The molecule has 1 aliphatic rings. The second-order valence-electron chi connectivity index (χ2n) is 6.14. The van der Waals surface area contributed by atoms with Crippen molar-refractivity contribution < 1.29 is 4.79 Å². The highest BCUT2D eigenvalue weighted by Crippen LogP contribution is 2.21. The SMILES string of the molecule is CC(C)N(C)CC1CCN(C(=O)c2ccnc(Cl)c2)CC1. The van der Waals surface area contributed by atoms with E-state index in [1.54, 1.807) is 18.3 Å². The van der Waals surface area contributed by atoms with Crippen LogP contribution < -0.4 is 0 Å². The molecule has 21 heavy (non-hydrogen) atoms. The van der Waals surface area contributed by atoms with E-state index in [-0.39, 0.29) is 5.91 Å². The average molecular weight is 310 g/mol. The number of halogens is 1. The van der Waals surface area contributed by atoms with E-state index in [0.29, 0.717) is 22.7 Å². The van der Waals surface area contributed by atoms with E-state index in [0.717, 1.165) is 32.5 Å². The summed E-state index contributed by atoms with van der Waals surface area (Å²) in [6.45, 7) is 7.20. The van der Waals surface area contributed by atoms with Gasteiger partial charge in [-0.15, -0.1) is 0 Å². The Morgan fingerprint density at radius 1 is 1.48 bits per heavy atom. The summed E-state index contributed by atoms with van der Waals surface area (Å²) in [7, 11) is 2.17. The van der Waals surface area contributed by atoms with E-state index in [9.17, 15) is 4.79 Å². The summed E-state index contributed by atoms with van der Waals surface area (Å²) in [5.74, 6) is 0.748. The van der Waals surface area contributed by atoms with Gasteiger partial charge in [-0.2, -0.15) is 0 Å². The van der Waals surface area contributed by atoms with E-state index in [1.165, 1.54) is 0 Å². The van der Waals surface area contributed by atoms with Crippen molar-refractivity contribution in [3.8, 4) is 0 Å². The first-order valence-corrected chi connectivity index (χ1v) is 7.96. The van der Waals surface area contributed by atoms with Crippen LogP contribution in [0.5, 0.6) is 0 Å². The van der Waals surface area contributed by atoms with Crippen molar-refractivity contribution in [2.45, 2.75) is 32.7 Å².